The predicted molar refractivity (Wildman–Crippen MR) is 221 cm³/mol. The third-order valence-corrected chi connectivity index (χ3v) is 23.9. The molecule has 1 aliphatic rings. The lowest BCUT2D eigenvalue weighted by Crippen LogP contribution is -2.48. The summed E-state index contributed by atoms with van der Waals surface area (Å²) in [5, 5.41) is 1.82. The van der Waals surface area contributed by atoms with Crippen LogP contribution in [0.2, 0.25) is 41.3 Å². The number of ketones is 1. The fourth-order valence-corrected chi connectivity index (χ4v) is 12.2. The zero-order valence-corrected chi connectivity index (χ0v) is 37.4. The minimum Gasteiger partial charge on any atom is -0.468 e. The number of halogens is 1. The summed E-state index contributed by atoms with van der Waals surface area (Å²) in [6.07, 6.45) is 6.73. The summed E-state index contributed by atoms with van der Waals surface area (Å²) >= 11 is 12.0. The number of thioether (sulfide) groups is 2. The molecule has 2 aromatic rings. The van der Waals surface area contributed by atoms with Gasteiger partial charge in [0.2, 0.25) is 0 Å². The smallest absolute Gasteiger partial charge is 0.315 e. The number of rotatable bonds is 16. The van der Waals surface area contributed by atoms with E-state index in [1.165, 1.54) is 16.7 Å². The molecule has 276 valence electrons. The predicted octanol–water partition coefficient (Wildman–Crippen LogP) is 11.4. The van der Waals surface area contributed by atoms with Crippen LogP contribution in [0, 0.1) is 11.3 Å². The Morgan fingerprint density at radius 3 is 2.27 bits per heavy atom. The van der Waals surface area contributed by atoms with Crippen molar-refractivity contribution in [2.45, 2.75) is 128 Å². The molecule has 1 aromatic heterocycles. The molecule has 49 heavy (non-hydrogen) atoms. The highest BCUT2D eigenvalue weighted by Gasteiger charge is 2.57. The largest absolute Gasteiger partial charge is 0.468 e. The lowest BCUT2D eigenvalue weighted by atomic mass is 9.86. The van der Waals surface area contributed by atoms with E-state index in [2.05, 4.69) is 112 Å². The average Bonchev–Trinajstić information content (AvgIpc) is 3.40. The molecule has 0 radical (unpaired) electrons. The van der Waals surface area contributed by atoms with Crippen LogP contribution in [0.4, 0.5) is 0 Å². The number of methoxy groups -OCH3 is 1. The first kappa shape index (κ1) is 42.8. The Balaban J connectivity index is 1.95. The maximum Gasteiger partial charge on any atom is 0.315 e. The van der Waals surface area contributed by atoms with Gasteiger partial charge in [-0.3, -0.25) is 9.59 Å². The highest BCUT2D eigenvalue weighted by molar-refractivity contribution is 8.01. The number of ether oxygens (including phenoxy) is 1. The van der Waals surface area contributed by atoms with Crippen molar-refractivity contribution in [2.75, 3.05) is 24.4 Å². The average molecular weight is 786 g/mol. The lowest BCUT2D eigenvalue weighted by Gasteiger charge is -2.42. The summed E-state index contributed by atoms with van der Waals surface area (Å²) in [5.41, 5.74) is -0.623. The Morgan fingerprint density at radius 2 is 1.67 bits per heavy atom. The maximum absolute atomic E-state index is 14.2. The Morgan fingerprint density at radius 1 is 1.04 bits per heavy atom. The molecular weight excluding hydrogens is 724 g/mol. The minimum atomic E-state index is -2.20. The van der Waals surface area contributed by atoms with E-state index in [4.69, 9.17) is 25.2 Å². The van der Waals surface area contributed by atoms with E-state index in [1.807, 2.05) is 6.07 Å². The van der Waals surface area contributed by atoms with Gasteiger partial charge in [-0.05, 0) is 73.1 Å². The van der Waals surface area contributed by atoms with Crippen LogP contribution in [0.3, 0.4) is 0 Å². The van der Waals surface area contributed by atoms with Crippen molar-refractivity contribution >= 4 is 84.9 Å². The molecule has 0 aliphatic heterocycles. The normalized spacial score (nSPS) is 21.2. The Hall–Kier alpha value is -0.596. The molecule has 0 amide bonds. The highest BCUT2D eigenvalue weighted by Crippen LogP contribution is 2.50. The second-order valence-electron chi connectivity index (χ2n) is 16.9. The Kier molecular flexibility index (Phi) is 14.9. The summed E-state index contributed by atoms with van der Waals surface area (Å²) in [6, 6.07) is 8.33. The third kappa shape index (κ3) is 10.7. The number of aryl methyl sites for hydroxylation is 1. The van der Waals surface area contributed by atoms with Gasteiger partial charge in [-0.15, -0.1) is 23.1 Å². The van der Waals surface area contributed by atoms with Gasteiger partial charge in [0, 0.05) is 20.9 Å². The zero-order chi connectivity index (χ0) is 37.0. The van der Waals surface area contributed by atoms with E-state index in [0.717, 1.165) is 41.2 Å². The van der Waals surface area contributed by atoms with Gasteiger partial charge in [-0.25, -0.2) is 0 Å². The molecular formula is C38H61ClO5S3Si2. The SMILES string of the molecule is COC(=O)CSCCCS[C@H]1C(=O)C(C)(C)[C@@H](O[Si](C)(C)C(C)(C)C)[C@@H]1/C=C/C(CCc1sc2ccccc2c1Cl)O[Si](C)(C)C(C)(C)C. The van der Waals surface area contributed by atoms with Crippen LogP contribution in [0.5, 0.6) is 0 Å². The second-order valence-corrected chi connectivity index (χ2v) is 30.3. The highest BCUT2D eigenvalue weighted by atomic mass is 35.5. The first-order chi connectivity index (χ1) is 22.5. The molecule has 5 nitrogen and oxygen atoms in total. The number of carbonyl (C=O) groups is 2. The first-order valence-electron chi connectivity index (χ1n) is 17.5. The Bertz CT molecular complexity index is 1460. The van der Waals surface area contributed by atoms with Gasteiger partial charge in [-0.1, -0.05) is 97.3 Å². The molecule has 11 heteroatoms. The van der Waals surface area contributed by atoms with E-state index in [0.29, 0.717) is 5.75 Å². The van der Waals surface area contributed by atoms with Crippen molar-refractivity contribution in [3.8, 4) is 0 Å². The standard InChI is InChI=1S/C38H61ClO5S3Si2/c1-36(2,3)48(10,11)43-26(20-22-30-32(39)27-17-14-15-18-29(27)47-30)19-21-28-33(46-24-16-23-45-25-31(40)42-9)34(41)38(7,8)35(28)44-49(12,13)37(4,5)6/h14-15,17-19,21,26,28,33,35H,16,20,22-25H2,1-13H3/b21-19+/t26?,28-,33-,35+/m1/s1. The summed E-state index contributed by atoms with van der Waals surface area (Å²) in [5.74, 6) is 2.02. The molecule has 1 unspecified atom stereocenters. The molecule has 1 aliphatic carbocycles. The monoisotopic (exact) mass is 784 g/mol. The maximum atomic E-state index is 14.2. The molecule has 1 saturated carbocycles. The summed E-state index contributed by atoms with van der Waals surface area (Å²) in [7, 11) is -2.91. The number of carbonyl (C=O) groups excluding carboxylic acids is 2. The fraction of sp³-hybridized carbons (Fsp3) is 0.684. The van der Waals surface area contributed by atoms with E-state index in [9.17, 15) is 9.59 Å². The fourth-order valence-electron chi connectivity index (χ4n) is 5.52. The van der Waals surface area contributed by atoms with Crippen molar-refractivity contribution in [2.24, 2.45) is 11.3 Å². The van der Waals surface area contributed by atoms with Crippen LogP contribution in [0.1, 0.15) is 73.1 Å². The second kappa shape index (κ2) is 17.0. The van der Waals surface area contributed by atoms with Crippen molar-refractivity contribution in [3.63, 3.8) is 0 Å². The number of thiophene rings is 1. The van der Waals surface area contributed by atoms with E-state index >= 15 is 0 Å². The summed E-state index contributed by atoms with van der Waals surface area (Å²) in [6.45, 7) is 26.9. The number of hydrogen-bond acceptors (Lipinski definition) is 8. The number of fused-ring (bicyclic) bond motifs is 1. The third-order valence-electron chi connectivity index (χ3n) is 10.8. The van der Waals surface area contributed by atoms with Crippen molar-refractivity contribution in [1.82, 2.24) is 0 Å². The molecule has 3 rings (SSSR count). The van der Waals surface area contributed by atoms with E-state index < -0.39 is 22.0 Å². The van der Waals surface area contributed by atoms with Gasteiger partial charge in [0.05, 0.1) is 40.8 Å². The van der Waals surface area contributed by atoms with E-state index in [1.54, 1.807) is 34.9 Å². The van der Waals surface area contributed by atoms with Gasteiger partial charge in [0.25, 0.3) is 0 Å². The van der Waals surface area contributed by atoms with Crippen LogP contribution >= 0.6 is 46.5 Å². The molecule has 0 bridgehead atoms. The Labute approximate surface area is 316 Å². The molecule has 0 N–H and O–H groups in total. The zero-order valence-electron chi connectivity index (χ0n) is 32.2. The van der Waals surface area contributed by atoms with E-state index in [-0.39, 0.29) is 45.2 Å². The first-order valence-corrected chi connectivity index (χ1v) is 26.8. The molecule has 1 aromatic carbocycles. The number of esters is 1. The van der Waals surface area contributed by atoms with Crippen molar-refractivity contribution in [1.29, 1.82) is 0 Å². The molecule has 1 heterocycles. The molecule has 4 atom stereocenters. The van der Waals surface area contributed by atoms with Crippen molar-refractivity contribution in [3.05, 3.63) is 46.3 Å². The summed E-state index contributed by atoms with van der Waals surface area (Å²) < 4.78 is 20.3. The molecule has 1 fully saturated rings. The quantitative estimate of drug-likeness (QED) is 0.0727. The molecule has 0 saturated heterocycles. The van der Waals surface area contributed by atoms with Crippen molar-refractivity contribution < 1.29 is 23.2 Å². The van der Waals surface area contributed by atoms with Crippen LogP contribution in [-0.2, 0) is 29.6 Å². The topological polar surface area (TPSA) is 61.8 Å². The van der Waals surface area contributed by atoms with Crippen LogP contribution in [0.15, 0.2) is 36.4 Å². The van der Waals surface area contributed by atoms with Gasteiger partial charge < -0.3 is 13.6 Å². The number of hydrogen-bond donors (Lipinski definition) is 0. The number of benzene rings is 1. The molecule has 0 spiro atoms. The van der Waals surface area contributed by atoms with Crippen LogP contribution in [0.25, 0.3) is 10.1 Å². The lowest BCUT2D eigenvalue weighted by molar-refractivity contribution is -0.137. The summed E-state index contributed by atoms with van der Waals surface area (Å²) in [4.78, 5) is 27.0. The van der Waals surface area contributed by atoms with Gasteiger partial charge in [0.15, 0.2) is 22.4 Å². The van der Waals surface area contributed by atoms with Crippen LogP contribution < -0.4 is 0 Å². The van der Waals surface area contributed by atoms with Gasteiger partial charge in [0.1, 0.15) is 0 Å². The minimum absolute atomic E-state index is 0.0139. The van der Waals surface area contributed by atoms with Gasteiger partial charge >= 0.3 is 5.97 Å². The number of Topliss-reactive ketones (excluding diaryl/α,β-unsaturated/α-hetero) is 1. The van der Waals surface area contributed by atoms with Gasteiger partial charge in [-0.2, -0.15) is 11.8 Å². The van der Waals surface area contributed by atoms with Crippen LogP contribution in [-0.4, -0.2) is 70.2 Å².